The quantitative estimate of drug-likeness (QED) is 0.663. The second-order valence-electron chi connectivity index (χ2n) is 4.91. The Bertz CT molecular complexity index is 402. The Morgan fingerprint density at radius 2 is 2.24 bits per heavy atom. The van der Waals surface area contributed by atoms with E-state index in [0.717, 1.165) is 12.8 Å². The van der Waals surface area contributed by atoms with Crippen molar-refractivity contribution in [1.29, 1.82) is 0 Å². The molecule has 1 fully saturated rings. The molecule has 0 radical (unpaired) electrons. The first kappa shape index (κ1) is 15.6. The Morgan fingerprint density at radius 1 is 1.38 bits per heavy atom. The van der Waals surface area contributed by atoms with E-state index in [1.54, 1.807) is 4.90 Å². The lowest BCUT2D eigenvalue weighted by molar-refractivity contribution is -0.142. The summed E-state index contributed by atoms with van der Waals surface area (Å²) in [5.74, 6) is -0.465. The Balaban J connectivity index is 1.96. The van der Waals surface area contributed by atoms with Crippen LogP contribution in [-0.2, 0) is 28.5 Å². The van der Waals surface area contributed by atoms with Crippen molar-refractivity contribution < 1.29 is 28.5 Å². The summed E-state index contributed by atoms with van der Waals surface area (Å²) in [5, 5.41) is 0. The van der Waals surface area contributed by atoms with Crippen LogP contribution < -0.4 is 0 Å². The smallest absolute Gasteiger partial charge is 0.307 e. The molecule has 0 spiro atoms. The SMILES string of the molecule is COC(=O)CCN(CC1CCCO1)C(=O)C1=COCCO1. The number of carbonyl (C=O) groups excluding carboxylic acids is 2. The van der Waals surface area contributed by atoms with E-state index in [0.29, 0.717) is 26.4 Å². The molecule has 0 aromatic carbocycles. The number of ether oxygens (including phenoxy) is 4. The molecule has 1 atom stereocenters. The highest BCUT2D eigenvalue weighted by Crippen LogP contribution is 2.16. The first-order valence-corrected chi connectivity index (χ1v) is 7.13. The molecule has 1 amide bonds. The van der Waals surface area contributed by atoms with E-state index < -0.39 is 0 Å². The summed E-state index contributed by atoms with van der Waals surface area (Å²) in [6.07, 6.45) is 3.39. The predicted octanol–water partition coefficient (Wildman–Crippen LogP) is 0.445. The lowest BCUT2D eigenvalue weighted by Gasteiger charge is -2.26. The van der Waals surface area contributed by atoms with Crippen molar-refractivity contribution in [3.63, 3.8) is 0 Å². The van der Waals surface area contributed by atoms with Gasteiger partial charge in [0.15, 0.2) is 0 Å². The van der Waals surface area contributed by atoms with Gasteiger partial charge in [0.1, 0.15) is 19.5 Å². The van der Waals surface area contributed by atoms with E-state index in [1.807, 2.05) is 0 Å². The van der Waals surface area contributed by atoms with Gasteiger partial charge in [-0.25, -0.2) is 0 Å². The first-order valence-electron chi connectivity index (χ1n) is 7.13. The molecule has 0 aliphatic carbocycles. The summed E-state index contributed by atoms with van der Waals surface area (Å²) >= 11 is 0. The van der Waals surface area contributed by atoms with Crippen molar-refractivity contribution in [1.82, 2.24) is 4.90 Å². The zero-order valence-electron chi connectivity index (χ0n) is 12.2. The predicted molar refractivity (Wildman–Crippen MR) is 72.2 cm³/mol. The van der Waals surface area contributed by atoms with Gasteiger partial charge in [0, 0.05) is 19.7 Å². The van der Waals surface area contributed by atoms with Gasteiger partial charge >= 0.3 is 5.97 Å². The molecule has 0 aromatic heterocycles. The molecule has 7 nitrogen and oxygen atoms in total. The molecule has 7 heteroatoms. The van der Waals surface area contributed by atoms with E-state index >= 15 is 0 Å². The fraction of sp³-hybridized carbons (Fsp3) is 0.714. The van der Waals surface area contributed by atoms with Crippen molar-refractivity contribution in [2.75, 3.05) is 40.0 Å². The fourth-order valence-corrected chi connectivity index (χ4v) is 2.27. The van der Waals surface area contributed by atoms with Crippen molar-refractivity contribution >= 4 is 11.9 Å². The van der Waals surface area contributed by atoms with Gasteiger partial charge in [0.25, 0.3) is 5.91 Å². The molecule has 118 valence electrons. The first-order chi connectivity index (χ1) is 10.2. The number of esters is 1. The maximum absolute atomic E-state index is 12.4. The fourth-order valence-electron chi connectivity index (χ4n) is 2.27. The molecule has 2 rings (SSSR count). The molecule has 0 saturated carbocycles. The van der Waals surface area contributed by atoms with E-state index in [-0.39, 0.29) is 36.7 Å². The van der Waals surface area contributed by atoms with Crippen LogP contribution >= 0.6 is 0 Å². The lowest BCUT2D eigenvalue weighted by Crippen LogP contribution is -2.40. The van der Waals surface area contributed by atoms with Gasteiger partial charge in [-0.3, -0.25) is 9.59 Å². The van der Waals surface area contributed by atoms with Crippen molar-refractivity contribution in [2.45, 2.75) is 25.4 Å². The average molecular weight is 299 g/mol. The number of nitrogens with zero attached hydrogens (tertiary/aromatic N) is 1. The molecule has 2 aliphatic heterocycles. The minimum atomic E-state index is -0.352. The van der Waals surface area contributed by atoms with E-state index in [9.17, 15) is 9.59 Å². The third-order valence-corrected chi connectivity index (χ3v) is 3.41. The average Bonchev–Trinajstić information content (AvgIpc) is 3.04. The Morgan fingerprint density at radius 3 is 2.86 bits per heavy atom. The normalized spacial score (nSPS) is 21.0. The van der Waals surface area contributed by atoms with Crippen LogP contribution in [0.4, 0.5) is 0 Å². The number of amides is 1. The highest BCUT2D eigenvalue weighted by atomic mass is 16.6. The van der Waals surface area contributed by atoms with E-state index in [2.05, 4.69) is 4.74 Å². The van der Waals surface area contributed by atoms with E-state index in [1.165, 1.54) is 13.4 Å². The van der Waals surface area contributed by atoms with Crippen LogP contribution in [0.25, 0.3) is 0 Å². The third-order valence-electron chi connectivity index (χ3n) is 3.41. The molecule has 2 aliphatic rings. The molecule has 2 heterocycles. The van der Waals surface area contributed by atoms with Gasteiger partial charge in [0.05, 0.1) is 19.6 Å². The highest BCUT2D eigenvalue weighted by Gasteiger charge is 2.27. The lowest BCUT2D eigenvalue weighted by atomic mass is 10.2. The minimum Gasteiger partial charge on any atom is -0.494 e. The number of hydrogen-bond acceptors (Lipinski definition) is 6. The maximum atomic E-state index is 12.4. The monoisotopic (exact) mass is 299 g/mol. The summed E-state index contributed by atoms with van der Waals surface area (Å²) in [7, 11) is 1.33. The largest absolute Gasteiger partial charge is 0.494 e. The Hall–Kier alpha value is -1.76. The molecule has 0 bridgehead atoms. The third kappa shape index (κ3) is 4.63. The second kappa shape index (κ2) is 7.87. The summed E-state index contributed by atoms with van der Waals surface area (Å²) in [6.45, 7) is 2.21. The number of hydrogen-bond donors (Lipinski definition) is 0. The summed E-state index contributed by atoms with van der Waals surface area (Å²) in [4.78, 5) is 25.3. The van der Waals surface area contributed by atoms with Crippen LogP contribution in [0, 0.1) is 0 Å². The topological polar surface area (TPSA) is 74.3 Å². The zero-order valence-corrected chi connectivity index (χ0v) is 12.2. The standard InChI is InChI=1S/C14H21NO6/c1-18-13(16)4-5-15(9-11-3-2-6-20-11)14(17)12-10-19-7-8-21-12/h10-11H,2-9H2,1H3. The van der Waals surface area contributed by atoms with Gasteiger partial charge in [0.2, 0.25) is 5.76 Å². The number of methoxy groups -OCH3 is 1. The van der Waals surface area contributed by atoms with Crippen LogP contribution in [-0.4, -0.2) is 62.9 Å². The number of rotatable bonds is 6. The Labute approximate surface area is 123 Å². The molecule has 1 unspecified atom stereocenters. The molecule has 0 aromatic rings. The van der Waals surface area contributed by atoms with Crippen LogP contribution in [0.3, 0.4) is 0 Å². The van der Waals surface area contributed by atoms with Crippen LogP contribution in [0.2, 0.25) is 0 Å². The summed E-state index contributed by atoms with van der Waals surface area (Å²) < 4.78 is 20.6. The van der Waals surface area contributed by atoms with Gasteiger partial charge in [-0.15, -0.1) is 0 Å². The zero-order chi connectivity index (χ0) is 15.1. The molecular weight excluding hydrogens is 278 g/mol. The summed E-state index contributed by atoms with van der Waals surface area (Å²) in [5.41, 5.74) is 0. The molecule has 1 saturated heterocycles. The van der Waals surface area contributed by atoms with Crippen LogP contribution in [0.1, 0.15) is 19.3 Å². The van der Waals surface area contributed by atoms with E-state index in [4.69, 9.17) is 14.2 Å². The highest BCUT2D eigenvalue weighted by molar-refractivity contribution is 5.91. The van der Waals surface area contributed by atoms with Gasteiger partial charge in [-0.2, -0.15) is 0 Å². The van der Waals surface area contributed by atoms with Gasteiger partial charge in [-0.1, -0.05) is 0 Å². The van der Waals surface area contributed by atoms with Crippen molar-refractivity contribution in [3.05, 3.63) is 12.0 Å². The Kier molecular flexibility index (Phi) is 5.86. The molecule has 21 heavy (non-hydrogen) atoms. The van der Waals surface area contributed by atoms with Crippen molar-refractivity contribution in [2.24, 2.45) is 0 Å². The number of carbonyl (C=O) groups is 2. The maximum Gasteiger partial charge on any atom is 0.307 e. The molecule has 0 N–H and O–H groups in total. The van der Waals surface area contributed by atoms with Crippen LogP contribution in [0.15, 0.2) is 12.0 Å². The summed E-state index contributed by atoms with van der Waals surface area (Å²) in [6, 6.07) is 0. The van der Waals surface area contributed by atoms with Crippen molar-refractivity contribution in [3.8, 4) is 0 Å². The van der Waals surface area contributed by atoms with Gasteiger partial charge in [-0.05, 0) is 12.8 Å². The molecular formula is C14H21NO6. The van der Waals surface area contributed by atoms with Crippen LogP contribution in [0.5, 0.6) is 0 Å². The van der Waals surface area contributed by atoms with Gasteiger partial charge < -0.3 is 23.8 Å². The second-order valence-corrected chi connectivity index (χ2v) is 4.91. The minimum absolute atomic E-state index is 0.0108.